The third-order valence-electron chi connectivity index (χ3n) is 5.46. The van der Waals surface area contributed by atoms with Gasteiger partial charge in [0.2, 0.25) is 10.0 Å². The number of likely N-dealkylation sites (tertiary alicyclic amines) is 1. The van der Waals surface area contributed by atoms with Crippen LogP contribution in [0.1, 0.15) is 41.3 Å². The molecule has 1 fully saturated rings. The summed E-state index contributed by atoms with van der Waals surface area (Å²) in [6, 6.07) is 20.1. The molecule has 0 spiro atoms. The second kappa shape index (κ2) is 9.02. The second-order valence-corrected chi connectivity index (χ2v) is 9.75. The van der Waals surface area contributed by atoms with E-state index in [0.717, 1.165) is 50.4 Å². The molecule has 0 aliphatic carbocycles. The smallest absolute Gasteiger partial charge is 0.229 e. The molecule has 1 N–H and O–H groups in total. The average Bonchev–Trinajstić information content (AvgIpc) is 3.15. The fourth-order valence-electron chi connectivity index (χ4n) is 4.03. The van der Waals surface area contributed by atoms with Gasteiger partial charge in [-0.05, 0) is 55.1 Å². The summed E-state index contributed by atoms with van der Waals surface area (Å²) in [5.74, 6) is 1.34. The van der Waals surface area contributed by atoms with E-state index in [2.05, 4.69) is 39.0 Å². The number of piperidine rings is 1. The molecule has 0 radical (unpaired) electrons. The Labute approximate surface area is 177 Å². The predicted molar refractivity (Wildman–Crippen MR) is 118 cm³/mol. The zero-order valence-corrected chi connectivity index (χ0v) is 17.9. The molecule has 0 unspecified atom stereocenters. The molecule has 1 aromatic heterocycles. The molecule has 2 heterocycles. The summed E-state index contributed by atoms with van der Waals surface area (Å²) in [5.41, 5.74) is 4.00. The van der Waals surface area contributed by atoms with Crippen LogP contribution in [0.3, 0.4) is 0 Å². The molecule has 0 amide bonds. The maximum atomic E-state index is 11.5. The van der Waals surface area contributed by atoms with Crippen LogP contribution < -0.4 is 4.72 Å². The Hall–Kier alpha value is -2.64. The van der Waals surface area contributed by atoms with Gasteiger partial charge in [0, 0.05) is 18.2 Å². The monoisotopic (exact) mass is 425 g/mol. The van der Waals surface area contributed by atoms with E-state index in [-0.39, 0.29) is 0 Å². The van der Waals surface area contributed by atoms with Crippen LogP contribution in [0, 0.1) is 0 Å². The lowest BCUT2D eigenvalue weighted by molar-refractivity contribution is 0.184. The van der Waals surface area contributed by atoms with E-state index < -0.39 is 10.0 Å². The summed E-state index contributed by atoms with van der Waals surface area (Å²) in [6.45, 7) is 2.72. The number of benzene rings is 2. The lowest BCUT2D eigenvalue weighted by Crippen LogP contribution is -2.32. The Bertz CT molecular complexity index is 1070. The number of nitrogens with one attached hydrogen (secondary N) is 1. The van der Waals surface area contributed by atoms with Gasteiger partial charge in [0.25, 0.3) is 0 Å². The van der Waals surface area contributed by atoms with Crippen LogP contribution in [-0.4, -0.2) is 37.8 Å². The van der Waals surface area contributed by atoms with Gasteiger partial charge in [0.05, 0.1) is 18.5 Å². The maximum absolute atomic E-state index is 11.5. The summed E-state index contributed by atoms with van der Waals surface area (Å²) in [7, 11) is -3.26. The van der Waals surface area contributed by atoms with Crippen LogP contribution in [0.5, 0.6) is 0 Å². The molecule has 0 saturated carbocycles. The van der Waals surface area contributed by atoms with E-state index in [4.69, 9.17) is 4.52 Å². The summed E-state index contributed by atoms with van der Waals surface area (Å²) >= 11 is 0. The highest BCUT2D eigenvalue weighted by Gasteiger charge is 2.22. The van der Waals surface area contributed by atoms with E-state index in [0.29, 0.717) is 11.6 Å². The van der Waals surface area contributed by atoms with Gasteiger partial charge in [-0.3, -0.25) is 9.62 Å². The van der Waals surface area contributed by atoms with Gasteiger partial charge in [-0.2, -0.15) is 0 Å². The molecule has 3 aromatic rings. The SMILES string of the molecule is CS(=O)(=O)Nc1cccc(C2CCN(Cc3cc(Cc4ccccc4)no3)CC2)c1. The third kappa shape index (κ3) is 5.70. The number of aromatic nitrogens is 1. The highest BCUT2D eigenvalue weighted by molar-refractivity contribution is 7.92. The lowest BCUT2D eigenvalue weighted by atomic mass is 9.89. The van der Waals surface area contributed by atoms with Gasteiger partial charge >= 0.3 is 0 Å². The van der Waals surface area contributed by atoms with Crippen molar-refractivity contribution in [2.24, 2.45) is 0 Å². The minimum atomic E-state index is -3.26. The molecular weight excluding hydrogens is 398 g/mol. The van der Waals surface area contributed by atoms with Crippen molar-refractivity contribution in [1.29, 1.82) is 0 Å². The zero-order chi connectivity index (χ0) is 21.0. The maximum Gasteiger partial charge on any atom is 0.229 e. The lowest BCUT2D eigenvalue weighted by Gasteiger charge is -2.31. The van der Waals surface area contributed by atoms with Crippen LogP contribution in [0.2, 0.25) is 0 Å². The second-order valence-electron chi connectivity index (χ2n) is 8.00. The van der Waals surface area contributed by atoms with E-state index in [1.807, 2.05) is 30.3 Å². The molecule has 1 aliphatic heterocycles. The number of sulfonamides is 1. The molecule has 1 saturated heterocycles. The Morgan fingerprint density at radius 3 is 2.57 bits per heavy atom. The molecule has 30 heavy (non-hydrogen) atoms. The molecular formula is C23H27N3O3S. The van der Waals surface area contributed by atoms with Gasteiger partial charge in [0.1, 0.15) is 0 Å². The van der Waals surface area contributed by atoms with Crippen molar-refractivity contribution in [2.75, 3.05) is 24.1 Å². The Morgan fingerprint density at radius 1 is 1.07 bits per heavy atom. The molecule has 6 nitrogen and oxygen atoms in total. The molecule has 7 heteroatoms. The summed E-state index contributed by atoms with van der Waals surface area (Å²) in [6.07, 6.45) is 4.03. The standard InChI is InChI=1S/C23H27N3O3S/c1-30(27,28)25-21-9-5-8-20(15-21)19-10-12-26(13-11-19)17-23-16-22(24-29-23)14-18-6-3-2-4-7-18/h2-9,15-16,19,25H,10-14,17H2,1H3. The molecule has 0 bridgehead atoms. The van der Waals surface area contributed by atoms with E-state index in [1.165, 1.54) is 17.4 Å². The van der Waals surface area contributed by atoms with E-state index in [9.17, 15) is 8.42 Å². The van der Waals surface area contributed by atoms with Gasteiger partial charge < -0.3 is 4.52 Å². The van der Waals surface area contributed by atoms with Crippen molar-refractivity contribution < 1.29 is 12.9 Å². The Kier molecular flexibility index (Phi) is 6.20. The largest absolute Gasteiger partial charge is 0.360 e. The summed E-state index contributed by atoms with van der Waals surface area (Å²) in [4.78, 5) is 2.39. The molecule has 2 aromatic carbocycles. The average molecular weight is 426 g/mol. The van der Waals surface area contributed by atoms with Gasteiger partial charge in [-0.25, -0.2) is 8.42 Å². The fraction of sp³-hybridized carbons (Fsp3) is 0.348. The first-order valence-corrected chi connectivity index (χ1v) is 12.1. The molecule has 1 aliphatic rings. The molecule has 4 rings (SSSR count). The van der Waals surface area contributed by atoms with Crippen LogP contribution in [-0.2, 0) is 23.0 Å². The first-order valence-electron chi connectivity index (χ1n) is 10.2. The summed E-state index contributed by atoms with van der Waals surface area (Å²) < 4.78 is 31.1. The van der Waals surface area contributed by atoms with Crippen molar-refractivity contribution in [3.8, 4) is 0 Å². The summed E-state index contributed by atoms with van der Waals surface area (Å²) in [5, 5.41) is 4.22. The van der Waals surface area contributed by atoms with Gasteiger partial charge in [-0.15, -0.1) is 0 Å². The number of rotatable bonds is 7. The van der Waals surface area contributed by atoms with E-state index in [1.54, 1.807) is 6.07 Å². The number of anilines is 1. The van der Waals surface area contributed by atoms with Crippen LogP contribution in [0.4, 0.5) is 5.69 Å². The minimum Gasteiger partial charge on any atom is -0.360 e. The first-order chi connectivity index (χ1) is 14.4. The number of nitrogens with zero attached hydrogens (tertiary/aromatic N) is 2. The first kappa shape index (κ1) is 20.6. The Balaban J connectivity index is 1.31. The molecule has 158 valence electrons. The van der Waals surface area contributed by atoms with E-state index >= 15 is 0 Å². The van der Waals surface area contributed by atoms with Gasteiger partial charge in [0.15, 0.2) is 5.76 Å². The van der Waals surface area contributed by atoms with Gasteiger partial charge in [-0.1, -0.05) is 47.6 Å². The predicted octanol–water partition coefficient (Wildman–Crippen LogP) is 4.02. The highest BCUT2D eigenvalue weighted by atomic mass is 32.2. The van der Waals surface area contributed by atoms with Crippen LogP contribution in [0.15, 0.2) is 65.2 Å². The van der Waals surface area contributed by atoms with Crippen LogP contribution >= 0.6 is 0 Å². The normalized spacial score (nSPS) is 15.9. The Morgan fingerprint density at radius 2 is 1.83 bits per heavy atom. The number of hydrogen-bond donors (Lipinski definition) is 1. The topological polar surface area (TPSA) is 75.4 Å². The van der Waals surface area contributed by atoms with Crippen molar-refractivity contribution in [2.45, 2.75) is 31.7 Å². The number of hydrogen-bond acceptors (Lipinski definition) is 5. The van der Waals surface area contributed by atoms with Crippen molar-refractivity contribution in [3.63, 3.8) is 0 Å². The van der Waals surface area contributed by atoms with Crippen molar-refractivity contribution >= 4 is 15.7 Å². The van der Waals surface area contributed by atoms with Crippen molar-refractivity contribution in [3.05, 3.63) is 83.2 Å². The molecule has 0 atom stereocenters. The zero-order valence-electron chi connectivity index (χ0n) is 17.1. The third-order valence-corrected chi connectivity index (χ3v) is 6.07. The quantitative estimate of drug-likeness (QED) is 0.619. The minimum absolute atomic E-state index is 0.436. The highest BCUT2D eigenvalue weighted by Crippen LogP contribution is 2.30. The van der Waals surface area contributed by atoms with Crippen molar-refractivity contribution in [1.82, 2.24) is 10.1 Å². The van der Waals surface area contributed by atoms with Crippen LogP contribution in [0.25, 0.3) is 0 Å². The fourth-order valence-corrected chi connectivity index (χ4v) is 4.59.